The van der Waals surface area contributed by atoms with Crippen LogP contribution >= 0.6 is 0 Å². The predicted octanol–water partition coefficient (Wildman–Crippen LogP) is 17.9. The Balaban J connectivity index is 0.000000144. The number of primary amides is 1. The second-order valence-electron chi connectivity index (χ2n) is 27.9. The number of hydrogen-bond donors (Lipinski definition) is 4. The topological polar surface area (TPSA) is 343 Å². The molecule has 6 aromatic heterocycles. The summed E-state index contributed by atoms with van der Waals surface area (Å²) in [5, 5.41) is 36.8. The van der Waals surface area contributed by atoms with Gasteiger partial charge < -0.3 is 59.2 Å². The fourth-order valence-electron chi connectivity index (χ4n) is 13.5. The van der Waals surface area contributed by atoms with Crippen LogP contribution in [0.3, 0.4) is 0 Å². The van der Waals surface area contributed by atoms with Gasteiger partial charge in [0.05, 0.1) is 65.7 Å². The number of anilines is 6. The zero-order chi connectivity index (χ0) is 81.4. The SMILES string of the molecule is COC(=O)c1ccc(-c2cc(C)c(Oc3nc(Nc4ccc(C#N)cc4)nc4c3ncn4C)c(C)c2)cc1.Cc1cc(-c2ccc(C(=O)N3CCCC3)cc2)cc(C)c1Oc1nc(Nc2ccc(C#N)cc2)nc2ccn(C)c12.Cc1cc(-c2ccc(C(N)=O)cc2)cc(C)c1Oc1nc(Nc2ccc(C#N)cc2)nc2c1ncn2C. The van der Waals surface area contributed by atoms with Crippen molar-refractivity contribution in [3.8, 4) is 86.5 Å². The largest absolute Gasteiger partial charge is 0.465 e. The van der Waals surface area contributed by atoms with Gasteiger partial charge in [0, 0.05) is 68.6 Å². The van der Waals surface area contributed by atoms with E-state index in [0.717, 1.165) is 132 Å². The zero-order valence-electron chi connectivity index (χ0n) is 65.1. The van der Waals surface area contributed by atoms with Crippen LogP contribution < -0.4 is 35.9 Å². The van der Waals surface area contributed by atoms with Gasteiger partial charge in [-0.25, -0.2) is 19.7 Å². The molecule has 2 amide bonds. The second-order valence-corrected chi connectivity index (χ2v) is 27.9. The number of hydrogen-bond acceptors (Lipinski definition) is 21. The van der Waals surface area contributed by atoms with E-state index in [2.05, 4.69) is 81.2 Å². The Hall–Kier alpha value is -15.6. The van der Waals surface area contributed by atoms with Gasteiger partial charge in [-0.1, -0.05) is 36.4 Å². The fraction of sp³-hybridized carbons (Fsp3) is 0.156. The fourth-order valence-corrected chi connectivity index (χ4v) is 13.5. The van der Waals surface area contributed by atoms with Gasteiger partial charge in [-0.3, -0.25) is 9.59 Å². The molecule has 16 rings (SSSR count). The van der Waals surface area contributed by atoms with E-state index < -0.39 is 5.91 Å². The van der Waals surface area contributed by atoms with Gasteiger partial charge in [-0.15, -0.1) is 0 Å². The third kappa shape index (κ3) is 17.0. The Kier molecular flexibility index (Phi) is 22.3. The summed E-state index contributed by atoms with van der Waals surface area (Å²) in [6, 6.07) is 64.1. The molecule has 0 spiro atoms. The Morgan fingerprint density at radius 2 is 0.759 bits per heavy atom. The first-order valence-electron chi connectivity index (χ1n) is 37.0. The van der Waals surface area contributed by atoms with E-state index in [0.29, 0.717) is 97.1 Å². The minimum absolute atomic E-state index is 0.107. The molecule has 1 aliphatic rings. The lowest BCUT2D eigenvalue weighted by molar-refractivity contribution is 0.0600. The van der Waals surface area contributed by atoms with E-state index in [1.165, 1.54) is 7.11 Å². The monoisotopic (exact) mass is 1540 g/mol. The van der Waals surface area contributed by atoms with Crippen molar-refractivity contribution >= 4 is 86.1 Å². The summed E-state index contributed by atoms with van der Waals surface area (Å²) in [4.78, 5) is 74.5. The van der Waals surface area contributed by atoms with Crippen LogP contribution in [0.4, 0.5) is 34.9 Å². The summed E-state index contributed by atoms with van der Waals surface area (Å²) in [5.41, 5.74) is 26.5. The number of imidazole rings is 2. The van der Waals surface area contributed by atoms with Crippen LogP contribution in [0.1, 0.15) is 94.0 Å². The maximum Gasteiger partial charge on any atom is 0.337 e. The lowest BCUT2D eigenvalue weighted by Gasteiger charge is -2.16. The highest BCUT2D eigenvalue weighted by Crippen LogP contribution is 2.40. The van der Waals surface area contributed by atoms with E-state index in [1.54, 1.807) is 107 Å². The van der Waals surface area contributed by atoms with Crippen molar-refractivity contribution in [1.82, 2.24) is 58.5 Å². The number of amides is 2. The summed E-state index contributed by atoms with van der Waals surface area (Å²) < 4.78 is 29.5. The Bertz CT molecular complexity index is 6340. The van der Waals surface area contributed by atoms with Crippen molar-refractivity contribution in [3.63, 3.8) is 0 Å². The van der Waals surface area contributed by atoms with Crippen LogP contribution in [0.25, 0.3) is 66.7 Å². The molecule has 0 atom stereocenters. The molecule has 0 saturated carbocycles. The maximum absolute atomic E-state index is 12.8. The number of nitriles is 3. The molecule has 7 heterocycles. The van der Waals surface area contributed by atoms with E-state index in [4.69, 9.17) is 45.5 Å². The standard InChI is InChI=1S/C33H30N6O2.C29H24N6O3.C28H23N7O2/c1-21-18-26(24-8-10-25(11-9-24)32(40)39-15-4-5-16-39)19-22(2)30(21)41-31-29-28(14-17-38(29)3)36-33(37-31)35-27-12-6-23(20-34)7-13-27;1-17-13-22(20-7-9-21(10-8-20)28(36)37-4)14-18(2)25(17)38-27-24-26(35(3)16-31-24)33-29(34-27)32-23-11-5-19(15-30)6-12-23;1-16-12-21(19-6-8-20(9-7-19)25(30)36)13-17(2)24(16)37-27-23-26(35(3)15-31-23)33-28(34-27)32-22-10-4-18(14-29)5-11-22/h6-14,17-19H,4-5,15-16H2,1-3H3,(H,35,36,37);5-14,16H,1-4H3,(H,32,33,34);4-13,15H,1-3H3,(H2,30,36)(H,32,33,34). The maximum atomic E-state index is 12.8. The average molecular weight is 1540 g/mol. The molecule has 0 aliphatic carbocycles. The first kappa shape index (κ1) is 77.1. The summed E-state index contributed by atoms with van der Waals surface area (Å²) in [5.74, 6) is 3.56. The molecule has 15 aromatic rings. The van der Waals surface area contributed by atoms with Gasteiger partial charge >= 0.3 is 5.97 Å². The second kappa shape index (κ2) is 33.5. The predicted molar refractivity (Wildman–Crippen MR) is 444 cm³/mol. The third-order valence-corrected chi connectivity index (χ3v) is 19.5. The minimum Gasteiger partial charge on any atom is -0.465 e. The number of carbonyl (C=O) groups excluding carboxylic acids is 3. The number of likely N-dealkylation sites (tertiary alicyclic amines) is 1. The van der Waals surface area contributed by atoms with Crippen molar-refractivity contribution < 1.29 is 33.3 Å². The van der Waals surface area contributed by atoms with Crippen LogP contribution in [0.2, 0.25) is 0 Å². The third-order valence-electron chi connectivity index (χ3n) is 19.5. The van der Waals surface area contributed by atoms with E-state index in [1.807, 2.05) is 169 Å². The van der Waals surface area contributed by atoms with Crippen LogP contribution in [-0.2, 0) is 25.9 Å². The number of esters is 1. The minimum atomic E-state index is -0.457. The van der Waals surface area contributed by atoms with Crippen LogP contribution in [0.15, 0.2) is 207 Å². The molecule has 1 fully saturated rings. The quantitative estimate of drug-likeness (QED) is 0.0580. The normalized spacial score (nSPS) is 11.5. The Morgan fingerprint density at radius 1 is 0.414 bits per heavy atom. The van der Waals surface area contributed by atoms with Crippen molar-refractivity contribution in [2.45, 2.75) is 54.4 Å². The number of nitrogens with one attached hydrogen (secondary N) is 3. The molecule has 26 nitrogen and oxygen atoms in total. The number of fused-ring (bicyclic) bond motifs is 3. The number of aromatic nitrogens is 11. The first-order valence-corrected chi connectivity index (χ1v) is 37.0. The smallest absolute Gasteiger partial charge is 0.337 e. The van der Waals surface area contributed by atoms with Crippen molar-refractivity contribution in [2.75, 3.05) is 36.1 Å². The number of nitrogens with zero attached hydrogens (tertiary/aromatic N) is 15. The number of ether oxygens (including phenoxy) is 4. The van der Waals surface area contributed by atoms with Gasteiger partial charge in [-0.2, -0.15) is 40.7 Å². The highest BCUT2D eigenvalue weighted by Gasteiger charge is 2.24. The molecule has 574 valence electrons. The lowest BCUT2D eigenvalue weighted by atomic mass is 9.98. The molecule has 9 aromatic carbocycles. The summed E-state index contributed by atoms with van der Waals surface area (Å²) in [6.45, 7) is 13.6. The summed E-state index contributed by atoms with van der Waals surface area (Å²) >= 11 is 0. The van der Waals surface area contributed by atoms with E-state index in [-0.39, 0.29) is 11.9 Å². The molecule has 1 saturated heterocycles. The molecule has 116 heavy (non-hydrogen) atoms. The molecule has 26 heteroatoms. The number of benzene rings is 9. The van der Waals surface area contributed by atoms with Gasteiger partial charge in [0.1, 0.15) is 22.8 Å². The highest BCUT2D eigenvalue weighted by molar-refractivity contribution is 5.95. The van der Waals surface area contributed by atoms with Crippen molar-refractivity contribution in [3.05, 3.63) is 274 Å². The van der Waals surface area contributed by atoms with Gasteiger partial charge in [0.25, 0.3) is 17.7 Å². The highest BCUT2D eigenvalue weighted by atomic mass is 16.5. The van der Waals surface area contributed by atoms with Crippen LogP contribution in [-0.4, -0.2) is 96.5 Å². The Labute approximate surface area is 667 Å². The van der Waals surface area contributed by atoms with E-state index in [9.17, 15) is 14.4 Å². The molecule has 5 N–H and O–H groups in total. The van der Waals surface area contributed by atoms with Gasteiger partial charge in [0.2, 0.25) is 29.6 Å². The van der Waals surface area contributed by atoms with E-state index >= 15 is 0 Å². The molecular formula is C90H77N19O7. The van der Waals surface area contributed by atoms with Crippen molar-refractivity contribution in [2.24, 2.45) is 26.9 Å². The zero-order valence-corrected chi connectivity index (χ0v) is 65.1. The van der Waals surface area contributed by atoms with Gasteiger partial charge in [0.15, 0.2) is 22.3 Å². The van der Waals surface area contributed by atoms with Gasteiger partial charge in [-0.05, 0) is 273 Å². The Morgan fingerprint density at radius 3 is 1.12 bits per heavy atom. The molecule has 0 radical (unpaired) electrons. The molecule has 0 unspecified atom stereocenters. The molecular weight excluding hydrogens is 1460 g/mol. The summed E-state index contributed by atoms with van der Waals surface area (Å²) in [6.07, 6.45) is 7.42. The number of rotatable bonds is 18. The van der Waals surface area contributed by atoms with Crippen LogP contribution in [0.5, 0.6) is 34.9 Å². The number of aryl methyl sites for hydroxylation is 9. The summed E-state index contributed by atoms with van der Waals surface area (Å²) in [7, 11) is 7.01. The lowest BCUT2D eigenvalue weighted by Crippen LogP contribution is -2.27. The first-order chi connectivity index (χ1) is 56.1. The molecule has 1 aliphatic heterocycles. The number of methoxy groups -OCH3 is 1. The molecule has 0 bridgehead atoms. The average Bonchev–Trinajstić information content (AvgIpc) is 1.56. The van der Waals surface area contributed by atoms with Crippen molar-refractivity contribution in [1.29, 1.82) is 15.8 Å². The number of nitrogens with two attached hydrogens (primary N) is 1. The van der Waals surface area contributed by atoms with Crippen LogP contribution in [0, 0.1) is 75.5 Å². The number of carbonyl (C=O) groups is 3.